The Balaban J connectivity index is 2.29. The molecule has 0 spiro atoms. The standard InChI is InChI=1S/C16H14Br3FO/c1-2-8-21-14-7-6-10(9-13(14)18)15(19)11-4-3-5-12(17)16(11)20/h3-7,9,15H,2,8H2,1H3. The molecule has 2 aromatic carbocycles. The molecule has 0 fully saturated rings. The fraction of sp³-hybridized carbons (Fsp3) is 0.250. The van der Waals surface area contributed by atoms with E-state index in [1.807, 2.05) is 24.3 Å². The van der Waals surface area contributed by atoms with Crippen LogP contribution in [-0.4, -0.2) is 6.61 Å². The summed E-state index contributed by atoms with van der Waals surface area (Å²) in [5.74, 6) is 0.553. The lowest BCUT2D eigenvalue weighted by Gasteiger charge is -2.14. The second-order valence-electron chi connectivity index (χ2n) is 4.54. The predicted molar refractivity (Wildman–Crippen MR) is 94.8 cm³/mol. The first-order valence-electron chi connectivity index (χ1n) is 6.54. The van der Waals surface area contributed by atoms with E-state index in [4.69, 9.17) is 4.74 Å². The average Bonchev–Trinajstić information content (AvgIpc) is 2.48. The molecule has 112 valence electrons. The Morgan fingerprint density at radius 2 is 1.90 bits per heavy atom. The van der Waals surface area contributed by atoms with Crippen molar-refractivity contribution in [2.75, 3.05) is 6.61 Å². The Bertz CT molecular complexity index is 631. The van der Waals surface area contributed by atoms with E-state index in [2.05, 4.69) is 54.7 Å². The highest BCUT2D eigenvalue weighted by atomic mass is 79.9. The molecule has 1 atom stereocenters. The van der Waals surface area contributed by atoms with Gasteiger partial charge < -0.3 is 4.74 Å². The second kappa shape index (κ2) is 7.75. The van der Waals surface area contributed by atoms with Crippen molar-refractivity contribution in [2.45, 2.75) is 18.2 Å². The maximum absolute atomic E-state index is 14.2. The third kappa shape index (κ3) is 4.08. The molecule has 0 heterocycles. The SMILES string of the molecule is CCCOc1ccc(C(Br)c2cccc(Br)c2F)cc1Br. The molecule has 1 nitrogen and oxygen atoms in total. The van der Waals surface area contributed by atoms with Gasteiger partial charge in [0.2, 0.25) is 0 Å². The van der Waals surface area contributed by atoms with Gasteiger partial charge in [0.05, 0.1) is 20.4 Å². The van der Waals surface area contributed by atoms with Crippen molar-refractivity contribution in [3.8, 4) is 5.75 Å². The zero-order valence-electron chi connectivity index (χ0n) is 11.4. The summed E-state index contributed by atoms with van der Waals surface area (Å²) < 4.78 is 21.1. The number of halogens is 4. The summed E-state index contributed by atoms with van der Waals surface area (Å²) in [6.07, 6.45) is 0.957. The Hall–Kier alpha value is -0.390. The van der Waals surface area contributed by atoms with Crippen molar-refractivity contribution < 1.29 is 9.13 Å². The summed E-state index contributed by atoms with van der Waals surface area (Å²) in [4.78, 5) is -0.216. The molecule has 0 saturated heterocycles. The van der Waals surface area contributed by atoms with Gasteiger partial charge in [-0.25, -0.2) is 4.39 Å². The Morgan fingerprint density at radius 1 is 1.14 bits per heavy atom. The van der Waals surface area contributed by atoms with Crippen LogP contribution in [0.2, 0.25) is 0 Å². The summed E-state index contributed by atoms with van der Waals surface area (Å²) in [6.45, 7) is 2.74. The van der Waals surface area contributed by atoms with Crippen LogP contribution in [0.25, 0.3) is 0 Å². The molecule has 0 bridgehead atoms. The van der Waals surface area contributed by atoms with Crippen molar-refractivity contribution in [1.82, 2.24) is 0 Å². The number of benzene rings is 2. The maximum atomic E-state index is 14.2. The first-order valence-corrected chi connectivity index (χ1v) is 9.05. The molecule has 0 N–H and O–H groups in total. The molecule has 0 amide bonds. The minimum Gasteiger partial charge on any atom is -0.492 e. The average molecular weight is 481 g/mol. The quantitative estimate of drug-likeness (QED) is 0.437. The summed E-state index contributed by atoms with van der Waals surface area (Å²) in [7, 11) is 0. The molecular weight excluding hydrogens is 467 g/mol. The molecule has 0 saturated carbocycles. The Labute approximate surface area is 149 Å². The van der Waals surface area contributed by atoms with Crippen molar-refractivity contribution in [2.24, 2.45) is 0 Å². The summed E-state index contributed by atoms with van der Waals surface area (Å²) in [6, 6.07) is 11.1. The lowest BCUT2D eigenvalue weighted by molar-refractivity contribution is 0.315. The topological polar surface area (TPSA) is 9.23 Å². The van der Waals surface area contributed by atoms with E-state index in [0.29, 0.717) is 16.6 Å². The van der Waals surface area contributed by atoms with E-state index in [9.17, 15) is 4.39 Å². The Morgan fingerprint density at radius 3 is 2.57 bits per heavy atom. The molecule has 2 rings (SSSR count). The van der Waals surface area contributed by atoms with Crippen LogP contribution in [0.5, 0.6) is 5.75 Å². The van der Waals surface area contributed by atoms with Gasteiger partial charge >= 0.3 is 0 Å². The van der Waals surface area contributed by atoms with Gasteiger partial charge in [-0.1, -0.05) is 41.1 Å². The number of hydrogen-bond acceptors (Lipinski definition) is 1. The van der Waals surface area contributed by atoms with E-state index in [1.54, 1.807) is 12.1 Å². The van der Waals surface area contributed by atoms with Gasteiger partial charge in [-0.3, -0.25) is 0 Å². The van der Waals surface area contributed by atoms with Gasteiger partial charge in [-0.05, 0) is 62.0 Å². The lowest BCUT2D eigenvalue weighted by atomic mass is 10.0. The molecule has 0 aliphatic heterocycles. The predicted octanol–water partition coefficient (Wildman–Crippen LogP) is 6.62. The molecule has 0 aromatic heterocycles. The number of ether oxygens (including phenoxy) is 1. The highest BCUT2D eigenvalue weighted by molar-refractivity contribution is 9.11. The largest absolute Gasteiger partial charge is 0.492 e. The van der Waals surface area contributed by atoms with Crippen LogP contribution in [0.3, 0.4) is 0 Å². The molecule has 1 unspecified atom stereocenters. The third-order valence-electron chi connectivity index (χ3n) is 2.96. The van der Waals surface area contributed by atoms with Gasteiger partial charge in [0.25, 0.3) is 0 Å². The van der Waals surface area contributed by atoms with Crippen molar-refractivity contribution in [3.63, 3.8) is 0 Å². The van der Waals surface area contributed by atoms with E-state index >= 15 is 0 Å². The van der Waals surface area contributed by atoms with Crippen LogP contribution in [0.15, 0.2) is 45.3 Å². The normalized spacial score (nSPS) is 12.2. The minimum absolute atomic E-state index is 0.216. The molecule has 0 aliphatic rings. The van der Waals surface area contributed by atoms with Crippen LogP contribution in [0.4, 0.5) is 4.39 Å². The zero-order valence-corrected chi connectivity index (χ0v) is 16.1. The van der Waals surface area contributed by atoms with Gasteiger partial charge in [0.15, 0.2) is 0 Å². The fourth-order valence-electron chi connectivity index (χ4n) is 1.90. The van der Waals surface area contributed by atoms with E-state index < -0.39 is 0 Å². The zero-order chi connectivity index (χ0) is 15.4. The minimum atomic E-state index is -0.248. The van der Waals surface area contributed by atoms with Gasteiger partial charge in [-0.15, -0.1) is 0 Å². The summed E-state index contributed by atoms with van der Waals surface area (Å²) >= 11 is 10.3. The molecule has 5 heteroatoms. The van der Waals surface area contributed by atoms with Gasteiger partial charge in [-0.2, -0.15) is 0 Å². The number of alkyl halides is 1. The highest BCUT2D eigenvalue weighted by Gasteiger charge is 2.17. The molecule has 21 heavy (non-hydrogen) atoms. The van der Waals surface area contributed by atoms with Crippen LogP contribution >= 0.6 is 47.8 Å². The smallest absolute Gasteiger partial charge is 0.142 e. The van der Waals surface area contributed by atoms with E-state index in [1.165, 1.54) is 0 Å². The van der Waals surface area contributed by atoms with Crippen LogP contribution < -0.4 is 4.74 Å². The summed E-state index contributed by atoms with van der Waals surface area (Å²) in [5.41, 5.74) is 1.56. The first kappa shape index (κ1) is 17.0. The molecular formula is C16H14Br3FO. The van der Waals surface area contributed by atoms with Gasteiger partial charge in [0.1, 0.15) is 11.6 Å². The van der Waals surface area contributed by atoms with E-state index in [0.717, 1.165) is 22.2 Å². The molecule has 0 radical (unpaired) electrons. The highest BCUT2D eigenvalue weighted by Crippen LogP contribution is 2.37. The second-order valence-corrected chi connectivity index (χ2v) is 7.17. The lowest BCUT2D eigenvalue weighted by Crippen LogP contribution is -1.99. The van der Waals surface area contributed by atoms with E-state index in [-0.39, 0.29) is 10.6 Å². The van der Waals surface area contributed by atoms with Crippen LogP contribution in [-0.2, 0) is 0 Å². The molecule has 0 aliphatic carbocycles. The number of hydrogen-bond donors (Lipinski definition) is 0. The number of rotatable bonds is 5. The summed E-state index contributed by atoms with van der Waals surface area (Å²) in [5, 5.41) is 0. The van der Waals surface area contributed by atoms with Crippen LogP contribution in [0.1, 0.15) is 29.3 Å². The van der Waals surface area contributed by atoms with Crippen molar-refractivity contribution in [3.05, 3.63) is 62.3 Å². The van der Waals surface area contributed by atoms with Crippen molar-refractivity contribution >= 4 is 47.8 Å². The third-order valence-corrected chi connectivity index (χ3v) is 5.22. The monoisotopic (exact) mass is 478 g/mol. The maximum Gasteiger partial charge on any atom is 0.142 e. The Kier molecular flexibility index (Phi) is 6.26. The molecule has 2 aromatic rings. The van der Waals surface area contributed by atoms with Crippen molar-refractivity contribution in [1.29, 1.82) is 0 Å². The van der Waals surface area contributed by atoms with Gasteiger partial charge in [0, 0.05) is 5.56 Å². The first-order chi connectivity index (χ1) is 10.0. The van der Waals surface area contributed by atoms with Crippen LogP contribution in [0, 0.1) is 5.82 Å². The fourth-order valence-corrected chi connectivity index (χ4v) is 3.43.